The molecule has 1 aliphatic carbocycles. The number of piperazine rings is 1. The number of anilines is 2. The lowest BCUT2D eigenvalue weighted by Crippen LogP contribution is -2.49. The SMILES string of the molecule is Cc1ccc(C(=O)NC2CC2)cc1NC(=O)NCCC(=O)N1CCN(c2ccccn2)CC1. The number of nitrogens with one attached hydrogen (secondary N) is 3. The third-order valence-electron chi connectivity index (χ3n) is 5.89. The Balaban J connectivity index is 1.19. The molecule has 1 aromatic heterocycles. The van der Waals surface area contributed by atoms with Crippen molar-refractivity contribution < 1.29 is 14.4 Å². The first-order valence-electron chi connectivity index (χ1n) is 11.4. The number of carbonyl (C=O) groups is 3. The number of hydrogen-bond acceptors (Lipinski definition) is 5. The van der Waals surface area contributed by atoms with E-state index in [1.807, 2.05) is 36.1 Å². The fraction of sp³-hybridized carbons (Fsp3) is 0.417. The number of benzene rings is 1. The maximum atomic E-state index is 12.5. The topological polar surface area (TPSA) is 107 Å². The summed E-state index contributed by atoms with van der Waals surface area (Å²) in [6, 6.07) is 10.9. The Hall–Kier alpha value is -3.62. The molecular weight excluding hydrogens is 420 g/mol. The number of carbonyl (C=O) groups excluding carboxylic acids is 3. The van der Waals surface area contributed by atoms with Crippen LogP contribution in [0.3, 0.4) is 0 Å². The van der Waals surface area contributed by atoms with Crippen LogP contribution < -0.4 is 20.9 Å². The molecule has 0 unspecified atom stereocenters. The predicted molar refractivity (Wildman–Crippen MR) is 126 cm³/mol. The van der Waals surface area contributed by atoms with Crippen LogP contribution >= 0.6 is 0 Å². The zero-order chi connectivity index (χ0) is 23.2. The Labute approximate surface area is 193 Å². The molecule has 3 N–H and O–H groups in total. The normalized spacial score (nSPS) is 15.7. The van der Waals surface area contributed by atoms with Gasteiger partial charge in [-0.2, -0.15) is 0 Å². The van der Waals surface area contributed by atoms with Crippen LogP contribution in [0.15, 0.2) is 42.6 Å². The molecule has 9 nitrogen and oxygen atoms in total. The smallest absolute Gasteiger partial charge is 0.319 e. The first-order chi connectivity index (χ1) is 16.0. The van der Waals surface area contributed by atoms with Gasteiger partial charge in [0.25, 0.3) is 5.91 Å². The van der Waals surface area contributed by atoms with Crippen molar-refractivity contribution in [2.75, 3.05) is 42.9 Å². The first kappa shape index (κ1) is 22.6. The van der Waals surface area contributed by atoms with E-state index < -0.39 is 6.03 Å². The Kier molecular flexibility index (Phi) is 7.07. The van der Waals surface area contributed by atoms with Crippen LogP contribution in [0.4, 0.5) is 16.3 Å². The predicted octanol–water partition coefficient (Wildman–Crippen LogP) is 2.14. The summed E-state index contributed by atoms with van der Waals surface area (Å²) in [5.41, 5.74) is 1.95. The average Bonchev–Trinajstić information content (AvgIpc) is 3.65. The number of rotatable bonds is 7. The van der Waals surface area contributed by atoms with E-state index in [0.29, 0.717) is 24.3 Å². The quantitative estimate of drug-likeness (QED) is 0.599. The van der Waals surface area contributed by atoms with Crippen LogP contribution in [0.5, 0.6) is 0 Å². The monoisotopic (exact) mass is 450 g/mol. The highest BCUT2D eigenvalue weighted by Crippen LogP contribution is 2.21. The minimum absolute atomic E-state index is 0.0193. The van der Waals surface area contributed by atoms with Crippen molar-refractivity contribution in [2.45, 2.75) is 32.2 Å². The summed E-state index contributed by atoms with van der Waals surface area (Å²) in [5.74, 6) is 0.813. The highest BCUT2D eigenvalue weighted by Gasteiger charge is 2.24. The maximum absolute atomic E-state index is 12.5. The number of pyridine rings is 1. The van der Waals surface area contributed by atoms with Crippen molar-refractivity contribution in [1.29, 1.82) is 0 Å². The molecule has 1 aromatic carbocycles. The number of aromatic nitrogens is 1. The van der Waals surface area contributed by atoms with Gasteiger partial charge in [0.05, 0.1) is 0 Å². The molecule has 0 bridgehead atoms. The van der Waals surface area contributed by atoms with E-state index in [1.165, 1.54) is 0 Å². The van der Waals surface area contributed by atoms with Gasteiger partial charge in [-0.3, -0.25) is 9.59 Å². The number of urea groups is 1. The van der Waals surface area contributed by atoms with Crippen LogP contribution in [0.25, 0.3) is 0 Å². The summed E-state index contributed by atoms with van der Waals surface area (Å²) in [6.07, 6.45) is 4.04. The molecule has 2 fully saturated rings. The summed E-state index contributed by atoms with van der Waals surface area (Å²) in [6.45, 7) is 4.85. The van der Waals surface area contributed by atoms with Crippen molar-refractivity contribution in [1.82, 2.24) is 20.5 Å². The van der Waals surface area contributed by atoms with Gasteiger partial charge >= 0.3 is 6.03 Å². The second kappa shape index (κ2) is 10.3. The van der Waals surface area contributed by atoms with E-state index in [9.17, 15) is 14.4 Å². The summed E-state index contributed by atoms with van der Waals surface area (Å²) < 4.78 is 0. The number of nitrogens with zero attached hydrogens (tertiary/aromatic N) is 3. The number of hydrogen-bond donors (Lipinski definition) is 3. The highest BCUT2D eigenvalue weighted by atomic mass is 16.2. The molecular formula is C24H30N6O3. The van der Waals surface area contributed by atoms with Crippen LogP contribution in [-0.4, -0.2) is 66.5 Å². The van der Waals surface area contributed by atoms with Gasteiger partial charge in [-0.15, -0.1) is 0 Å². The Bertz CT molecular complexity index is 1000. The van der Waals surface area contributed by atoms with Crippen LogP contribution in [0, 0.1) is 6.92 Å². The fourth-order valence-corrected chi connectivity index (χ4v) is 3.73. The Morgan fingerprint density at radius 1 is 1.06 bits per heavy atom. The van der Waals surface area contributed by atoms with Gasteiger partial charge in [-0.05, 0) is 49.6 Å². The molecule has 1 aliphatic heterocycles. The van der Waals surface area contributed by atoms with Crippen molar-refractivity contribution in [2.24, 2.45) is 0 Å². The average molecular weight is 451 g/mol. The van der Waals surface area contributed by atoms with E-state index in [0.717, 1.165) is 37.3 Å². The Morgan fingerprint density at radius 3 is 2.55 bits per heavy atom. The molecule has 2 aromatic rings. The maximum Gasteiger partial charge on any atom is 0.319 e. The second-order valence-electron chi connectivity index (χ2n) is 8.46. The number of amides is 4. The van der Waals surface area contributed by atoms with Crippen molar-refractivity contribution in [3.05, 3.63) is 53.7 Å². The molecule has 0 spiro atoms. The summed E-state index contributed by atoms with van der Waals surface area (Å²) in [7, 11) is 0. The lowest BCUT2D eigenvalue weighted by atomic mass is 10.1. The zero-order valence-electron chi connectivity index (χ0n) is 18.8. The fourth-order valence-electron chi connectivity index (χ4n) is 3.73. The minimum atomic E-state index is -0.398. The molecule has 174 valence electrons. The molecule has 4 rings (SSSR count). The van der Waals surface area contributed by atoms with Gasteiger partial charge in [-0.25, -0.2) is 9.78 Å². The summed E-state index contributed by atoms with van der Waals surface area (Å²) in [4.78, 5) is 45.5. The number of aryl methyl sites for hydroxylation is 1. The third-order valence-corrected chi connectivity index (χ3v) is 5.89. The lowest BCUT2D eigenvalue weighted by Gasteiger charge is -2.35. The lowest BCUT2D eigenvalue weighted by molar-refractivity contribution is -0.131. The van der Waals surface area contributed by atoms with E-state index in [4.69, 9.17) is 0 Å². The zero-order valence-corrected chi connectivity index (χ0v) is 18.8. The van der Waals surface area contributed by atoms with Gasteiger partial charge in [0.15, 0.2) is 0 Å². The van der Waals surface area contributed by atoms with Gasteiger partial charge in [0.2, 0.25) is 5.91 Å². The van der Waals surface area contributed by atoms with Crippen molar-refractivity contribution in [3.63, 3.8) is 0 Å². The van der Waals surface area contributed by atoms with Gasteiger partial charge in [0, 0.05) is 62.6 Å². The summed E-state index contributed by atoms with van der Waals surface area (Å²) in [5, 5.41) is 8.46. The van der Waals surface area contributed by atoms with Gasteiger partial charge in [0.1, 0.15) is 5.82 Å². The molecule has 2 aliphatic rings. The molecule has 0 radical (unpaired) electrons. The largest absolute Gasteiger partial charge is 0.353 e. The van der Waals surface area contributed by atoms with Gasteiger partial charge in [-0.1, -0.05) is 12.1 Å². The molecule has 0 atom stereocenters. The molecule has 33 heavy (non-hydrogen) atoms. The molecule has 1 saturated carbocycles. The first-order valence-corrected chi connectivity index (χ1v) is 11.4. The minimum Gasteiger partial charge on any atom is -0.353 e. The summed E-state index contributed by atoms with van der Waals surface area (Å²) >= 11 is 0. The third kappa shape index (κ3) is 6.21. The van der Waals surface area contributed by atoms with E-state index in [1.54, 1.807) is 18.3 Å². The van der Waals surface area contributed by atoms with Crippen LogP contribution in [0.2, 0.25) is 0 Å². The highest BCUT2D eigenvalue weighted by molar-refractivity contribution is 5.97. The van der Waals surface area contributed by atoms with Crippen molar-refractivity contribution >= 4 is 29.4 Å². The van der Waals surface area contributed by atoms with E-state index in [2.05, 4.69) is 25.8 Å². The molecule has 2 heterocycles. The standard InChI is InChI=1S/C24H30N6O3/c1-17-5-6-18(23(32)27-19-7-8-19)16-20(17)28-24(33)26-11-9-22(31)30-14-12-29(13-15-30)21-4-2-3-10-25-21/h2-6,10,16,19H,7-9,11-15H2,1H3,(H,27,32)(H2,26,28,33). The van der Waals surface area contributed by atoms with Crippen LogP contribution in [-0.2, 0) is 4.79 Å². The second-order valence-corrected chi connectivity index (χ2v) is 8.46. The van der Waals surface area contributed by atoms with Crippen LogP contribution in [0.1, 0.15) is 35.2 Å². The molecule has 4 amide bonds. The molecule has 9 heteroatoms. The van der Waals surface area contributed by atoms with E-state index in [-0.39, 0.29) is 30.8 Å². The van der Waals surface area contributed by atoms with E-state index >= 15 is 0 Å². The molecule has 1 saturated heterocycles. The van der Waals surface area contributed by atoms with Crippen molar-refractivity contribution in [3.8, 4) is 0 Å². The van der Waals surface area contributed by atoms with Gasteiger partial charge < -0.3 is 25.8 Å². The Morgan fingerprint density at radius 2 is 1.85 bits per heavy atom.